The Bertz CT molecular complexity index is 1160. The van der Waals surface area contributed by atoms with Gasteiger partial charge in [0.25, 0.3) is 0 Å². The number of hydrogen-bond acceptors (Lipinski definition) is 4. The van der Waals surface area contributed by atoms with Gasteiger partial charge in [-0.1, -0.05) is 30.3 Å². The second-order valence-electron chi connectivity index (χ2n) is 6.70. The van der Waals surface area contributed by atoms with Crippen LogP contribution >= 0.6 is 0 Å². The maximum atomic E-state index is 12.3. The van der Waals surface area contributed by atoms with E-state index < -0.39 is 6.03 Å². The number of benzene rings is 3. The Morgan fingerprint density at radius 1 is 0.839 bits per heavy atom. The lowest BCUT2D eigenvalue weighted by Crippen LogP contribution is -2.31. The lowest BCUT2D eigenvalue weighted by molar-refractivity contribution is 0.256. The molecule has 0 aliphatic carbocycles. The van der Waals surface area contributed by atoms with Gasteiger partial charge in [0.2, 0.25) is 0 Å². The van der Waals surface area contributed by atoms with Gasteiger partial charge in [-0.05, 0) is 54.1 Å². The van der Waals surface area contributed by atoms with Crippen molar-refractivity contribution < 1.29 is 14.3 Å². The molecule has 154 valence electrons. The molecule has 6 heteroatoms. The van der Waals surface area contributed by atoms with Gasteiger partial charge in [-0.2, -0.15) is 0 Å². The van der Waals surface area contributed by atoms with Gasteiger partial charge in [-0.3, -0.25) is 9.88 Å². The SMILES string of the molecule is COc1cc(N(C(N)=O)c2ccc(Oc3ccncc3)cc2)ccc1-c1ccccc1. The molecule has 3 aromatic carbocycles. The van der Waals surface area contributed by atoms with Crippen LogP contribution in [0.15, 0.2) is 97.3 Å². The highest BCUT2D eigenvalue weighted by molar-refractivity contribution is 5.99. The van der Waals surface area contributed by atoms with Gasteiger partial charge < -0.3 is 15.2 Å². The summed E-state index contributed by atoms with van der Waals surface area (Å²) in [5, 5.41) is 0. The van der Waals surface area contributed by atoms with Crippen molar-refractivity contribution in [3.05, 3.63) is 97.3 Å². The molecule has 0 radical (unpaired) electrons. The average Bonchev–Trinajstić information content (AvgIpc) is 2.81. The highest BCUT2D eigenvalue weighted by Gasteiger charge is 2.18. The highest BCUT2D eigenvalue weighted by atomic mass is 16.5. The zero-order valence-electron chi connectivity index (χ0n) is 16.9. The standard InChI is InChI=1S/C25H21N3O3/c1-30-24-17-20(9-12-23(24)18-5-3-2-4-6-18)28(25(26)29)19-7-10-21(11-8-19)31-22-13-15-27-16-14-22/h2-17H,1H3,(H2,26,29). The number of carbonyl (C=O) groups excluding carboxylic acids is 1. The predicted octanol–water partition coefficient (Wildman–Crippen LogP) is 5.77. The van der Waals surface area contributed by atoms with Crippen LogP contribution in [0.1, 0.15) is 0 Å². The van der Waals surface area contributed by atoms with Gasteiger partial charge in [-0.25, -0.2) is 4.79 Å². The van der Waals surface area contributed by atoms with Crippen molar-refractivity contribution in [3.63, 3.8) is 0 Å². The molecule has 2 N–H and O–H groups in total. The van der Waals surface area contributed by atoms with Crippen LogP contribution in [0.4, 0.5) is 16.2 Å². The lowest BCUT2D eigenvalue weighted by Gasteiger charge is -2.22. The van der Waals surface area contributed by atoms with Gasteiger partial charge in [0.1, 0.15) is 17.2 Å². The number of pyridine rings is 1. The summed E-state index contributed by atoms with van der Waals surface area (Å²) in [6, 6.07) is 25.5. The normalized spacial score (nSPS) is 10.4. The van der Waals surface area contributed by atoms with Crippen molar-refractivity contribution in [3.8, 4) is 28.4 Å². The van der Waals surface area contributed by atoms with Crippen LogP contribution in [0.5, 0.6) is 17.2 Å². The van der Waals surface area contributed by atoms with Crippen molar-refractivity contribution >= 4 is 17.4 Å². The Hall–Kier alpha value is -4.32. The summed E-state index contributed by atoms with van der Waals surface area (Å²) in [6.45, 7) is 0. The maximum absolute atomic E-state index is 12.3. The zero-order valence-corrected chi connectivity index (χ0v) is 16.9. The van der Waals surface area contributed by atoms with Crippen molar-refractivity contribution in [2.24, 2.45) is 5.73 Å². The van der Waals surface area contributed by atoms with E-state index in [2.05, 4.69) is 4.98 Å². The number of anilines is 2. The minimum atomic E-state index is -0.600. The molecule has 6 nitrogen and oxygen atoms in total. The minimum absolute atomic E-state index is 0.600. The van der Waals surface area contributed by atoms with Gasteiger partial charge >= 0.3 is 6.03 Å². The molecule has 0 bridgehead atoms. The number of amides is 2. The first-order valence-electron chi connectivity index (χ1n) is 9.66. The average molecular weight is 411 g/mol. The van der Waals surface area contributed by atoms with Crippen LogP contribution in [-0.4, -0.2) is 18.1 Å². The summed E-state index contributed by atoms with van der Waals surface area (Å²) < 4.78 is 11.4. The van der Waals surface area contributed by atoms with Gasteiger partial charge in [0.05, 0.1) is 18.5 Å². The largest absolute Gasteiger partial charge is 0.496 e. The first-order valence-corrected chi connectivity index (χ1v) is 9.66. The van der Waals surface area contributed by atoms with Crippen molar-refractivity contribution in [1.29, 1.82) is 0 Å². The second-order valence-corrected chi connectivity index (χ2v) is 6.70. The summed E-state index contributed by atoms with van der Waals surface area (Å²) in [5.74, 6) is 1.96. The minimum Gasteiger partial charge on any atom is -0.496 e. The van der Waals surface area contributed by atoms with E-state index in [-0.39, 0.29) is 0 Å². The van der Waals surface area contributed by atoms with Crippen molar-refractivity contribution in [2.45, 2.75) is 0 Å². The molecular formula is C25H21N3O3. The van der Waals surface area contributed by atoms with Crippen LogP contribution in [-0.2, 0) is 0 Å². The van der Waals surface area contributed by atoms with E-state index in [0.29, 0.717) is 28.6 Å². The molecule has 2 amide bonds. The number of nitrogens with zero attached hydrogens (tertiary/aromatic N) is 2. The van der Waals surface area contributed by atoms with E-state index in [4.69, 9.17) is 15.2 Å². The molecule has 0 unspecified atom stereocenters. The number of methoxy groups -OCH3 is 1. The third-order valence-corrected chi connectivity index (χ3v) is 4.73. The fourth-order valence-electron chi connectivity index (χ4n) is 3.28. The molecular weight excluding hydrogens is 390 g/mol. The summed E-state index contributed by atoms with van der Waals surface area (Å²) in [5.41, 5.74) is 8.88. The van der Waals surface area contributed by atoms with E-state index in [9.17, 15) is 4.79 Å². The molecule has 1 heterocycles. The van der Waals surface area contributed by atoms with E-state index in [1.165, 1.54) is 4.90 Å². The molecule has 4 rings (SSSR count). The topological polar surface area (TPSA) is 77.7 Å². The number of urea groups is 1. The van der Waals surface area contributed by atoms with E-state index in [0.717, 1.165) is 11.1 Å². The van der Waals surface area contributed by atoms with Crippen molar-refractivity contribution in [2.75, 3.05) is 12.0 Å². The first-order chi connectivity index (χ1) is 15.2. The Labute approximate surface area is 180 Å². The Morgan fingerprint density at radius 3 is 2.13 bits per heavy atom. The molecule has 0 aliphatic rings. The molecule has 0 atom stereocenters. The Morgan fingerprint density at radius 2 is 1.48 bits per heavy atom. The molecule has 0 saturated carbocycles. The van der Waals surface area contributed by atoms with Crippen LogP contribution in [0.25, 0.3) is 11.1 Å². The predicted molar refractivity (Wildman–Crippen MR) is 121 cm³/mol. The number of nitrogens with two attached hydrogens (primary N) is 1. The van der Waals surface area contributed by atoms with Gasteiger partial charge in [0, 0.05) is 24.0 Å². The van der Waals surface area contributed by atoms with Crippen molar-refractivity contribution in [1.82, 2.24) is 4.98 Å². The number of carbonyl (C=O) groups is 1. The van der Waals surface area contributed by atoms with Crippen LogP contribution in [0, 0.1) is 0 Å². The number of ether oxygens (including phenoxy) is 2. The lowest BCUT2D eigenvalue weighted by atomic mass is 10.0. The van der Waals surface area contributed by atoms with Gasteiger partial charge in [-0.15, -0.1) is 0 Å². The van der Waals surface area contributed by atoms with Crippen LogP contribution in [0.3, 0.4) is 0 Å². The first kappa shape index (κ1) is 20.0. The molecule has 1 aromatic heterocycles. The summed E-state index contributed by atoms with van der Waals surface area (Å²) in [6.07, 6.45) is 3.32. The third-order valence-electron chi connectivity index (χ3n) is 4.73. The molecule has 0 aliphatic heterocycles. The van der Waals surface area contributed by atoms with Gasteiger partial charge in [0.15, 0.2) is 0 Å². The maximum Gasteiger partial charge on any atom is 0.323 e. The second kappa shape index (κ2) is 9.00. The summed E-state index contributed by atoms with van der Waals surface area (Å²) in [7, 11) is 1.60. The smallest absolute Gasteiger partial charge is 0.323 e. The Kier molecular flexibility index (Phi) is 5.80. The molecule has 0 fully saturated rings. The van der Waals surface area contributed by atoms with E-state index in [1.807, 2.05) is 42.5 Å². The van der Waals surface area contributed by atoms with Crippen LogP contribution in [0.2, 0.25) is 0 Å². The third kappa shape index (κ3) is 4.48. The number of aromatic nitrogens is 1. The molecule has 31 heavy (non-hydrogen) atoms. The fourth-order valence-corrected chi connectivity index (χ4v) is 3.28. The quantitative estimate of drug-likeness (QED) is 0.437. The molecule has 0 saturated heterocycles. The Balaban J connectivity index is 1.64. The monoisotopic (exact) mass is 411 g/mol. The van der Waals surface area contributed by atoms with E-state index >= 15 is 0 Å². The molecule has 0 spiro atoms. The molecule has 4 aromatic rings. The highest BCUT2D eigenvalue weighted by Crippen LogP contribution is 2.36. The zero-order chi connectivity index (χ0) is 21.6. The number of rotatable bonds is 6. The number of hydrogen-bond donors (Lipinski definition) is 1. The van der Waals surface area contributed by atoms with Crippen LogP contribution < -0.4 is 20.1 Å². The summed E-state index contributed by atoms with van der Waals surface area (Å²) in [4.78, 5) is 17.7. The van der Waals surface area contributed by atoms with E-state index in [1.54, 1.807) is 62.0 Å². The fraction of sp³-hybridized carbons (Fsp3) is 0.0400. The summed E-state index contributed by atoms with van der Waals surface area (Å²) >= 11 is 0. The number of primary amides is 1.